The van der Waals surface area contributed by atoms with Gasteiger partial charge in [0, 0.05) is 18.2 Å². The lowest BCUT2D eigenvalue weighted by molar-refractivity contribution is -0.000739. The molecule has 104 valence electrons. The van der Waals surface area contributed by atoms with Crippen LogP contribution in [0.3, 0.4) is 0 Å². The highest BCUT2D eigenvalue weighted by atomic mass is 16.5. The number of methoxy groups -OCH3 is 2. The van der Waals surface area contributed by atoms with E-state index >= 15 is 0 Å². The summed E-state index contributed by atoms with van der Waals surface area (Å²) < 4.78 is 16.0. The van der Waals surface area contributed by atoms with Gasteiger partial charge >= 0.3 is 0 Å². The van der Waals surface area contributed by atoms with Gasteiger partial charge in [-0.2, -0.15) is 0 Å². The van der Waals surface area contributed by atoms with E-state index in [0.29, 0.717) is 13.2 Å². The van der Waals surface area contributed by atoms with Crippen LogP contribution in [0.5, 0.6) is 5.75 Å². The first kappa shape index (κ1) is 15.5. The van der Waals surface area contributed by atoms with E-state index in [2.05, 4.69) is 11.8 Å². The minimum Gasteiger partial charge on any atom is -0.496 e. The highest BCUT2D eigenvalue weighted by Crippen LogP contribution is 2.21. The average Bonchev–Trinajstić information content (AvgIpc) is 2.43. The molecular formula is C15H20O4. The van der Waals surface area contributed by atoms with E-state index in [1.807, 2.05) is 25.1 Å². The fourth-order valence-corrected chi connectivity index (χ4v) is 1.63. The van der Waals surface area contributed by atoms with Crippen LogP contribution in [0.4, 0.5) is 0 Å². The summed E-state index contributed by atoms with van der Waals surface area (Å²) in [7, 11) is 3.27. The summed E-state index contributed by atoms with van der Waals surface area (Å²) >= 11 is 0. The molecule has 0 aliphatic carbocycles. The first-order valence-corrected chi connectivity index (χ1v) is 6.08. The highest BCUT2D eigenvalue weighted by Gasteiger charge is 2.07. The average molecular weight is 264 g/mol. The van der Waals surface area contributed by atoms with Gasteiger partial charge in [0.1, 0.15) is 12.4 Å². The van der Waals surface area contributed by atoms with E-state index in [4.69, 9.17) is 19.3 Å². The summed E-state index contributed by atoms with van der Waals surface area (Å²) in [5.41, 5.74) is 1.75. The molecule has 0 bridgehead atoms. The molecule has 0 amide bonds. The van der Waals surface area contributed by atoms with E-state index in [1.165, 1.54) is 0 Å². The molecule has 0 saturated heterocycles. The SMILES string of the molecule is COCC(C)OCc1cc(C#CCO)ccc1OC. The summed E-state index contributed by atoms with van der Waals surface area (Å²) in [6.07, 6.45) is 0.0156. The second kappa shape index (κ2) is 8.54. The third-order valence-corrected chi connectivity index (χ3v) is 2.52. The van der Waals surface area contributed by atoms with Gasteiger partial charge < -0.3 is 19.3 Å². The van der Waals surface area contributed by atoms with Crippen molar-refractivity contribution in [3.05, 3.63) is 29.3 Å². The van der Waals surface area contributed by atoms with Crippen LogP contribution in [0.15, 0.2) is 18.2 Å². The Hall–Kier alpha value is -1.54. The van der Waals surface area contributed by atoms with Crippen molar-refractivity contribution >= 4 is 0 Å². The Morgan fingerprint density at radius 2 is 2.11 bits per heavy atom. The fraction of sp³-hybridized carbons (Fsp3) is 0.467. The Bertz CT molecular complexity index is 445. The molecule has 1 aromatic rings. The zero-order valence-corrected chi connectivity index (χ0v) is 11.6. The van der Waals surface area contributed by atoms with E-state index < -0.39 is 0 Å². The smallest absolute Gasteiger partial charge is 0.124 e. The normalized spacial score (nSPS) is 11.6. The molecule has 0 saturated carbocycles. The first-order valence-electron chi connectivity index (χ1n) is 6.08. The molecule has 1 unspecified atom stereocenters. The van der Waals surface area contributed by atoms with E-state index in [0.717, 1.165) is 16.9 Å². The van der Waals surface area contributed by atoms with Gasteiger partial charge in [-0.15, -0.1) is 0 Å². The minimum atomic E-state index is -0.150. The molecule has 1 N–H and O–H groups in total. The zero-order valence-electron chi connectivity index (χ0n) is 11.6. The summed E-state index contributed by atoms with van der Waals surface area (Å²) in [5, 5.41) is 8.70. The molecule has 4 heteroatoms. The topological polar surface area (TPSA) is 47.9 Å². The zero-order chi connectivity index (χ0) is 14.1. The standard InChI is InChI=1S/C15H20O4/c1-12(10-17-2)19-11-14-9-13(5-4-8-16)6-7-15(14)18-3/h6-7,9,12,16H,8,10-11H2,1-3H3. The lowest BCUT2D eigenvalue weighted by atomic mass is 10.1. The molecule has 0 aliphatic rings. The van der Waals surface area contributed by atoms with E-state index in [1.54, 1.807) is 14.2 Å². The predicted molar refractivity (Wildman–Crippen MR) is 73.1 cm³/mol. The van der Waals surface area contributed by atoms with Crippen molar-refractivity contribution < 1.29 is 19.3 Å². The van der Waals surface area contributed by atoms with Gasteiger partial charge in [-0.1, -0.05) is 11.8 Å². The molecule has 0 radical (unpaired) electrons. The first-order chi connectivity index (χ1) is 9.21. The summed E-state index contributed by atoms with van der Waals surface area (Å²) in [5.74, 6) is 6.24. The number of benzene rings is 1. The van der Waals surface area contributed by atoms with Crippen LogP contribution in [0.2, 0.25) is 0 Å². The largest absolute Gasteiger partial charge is 0.496 e. The minimum absolute atomic E-state index is 0.0156. The lowest BCUT2D eigenvalue weighted by Gasteiger charge is -2.14. The number of hydrogen-bond donors (Lipinski definition) is 1. The molecule has 1 rings (SSSR count). The Balaban J connectivity index is 2.78. The van der Waals surface area contributed by atoms with Crippen molar-refractivity contribution in [2.45, 2.75) is 19.6 Å². The molecule has 0 fully saturated rings. The van der Waals surface area contributed by atoms with Gasteiger partial charge in [-0.25, -0.2) is 0 Å². The van der Waals surface area contributed by atoms with Gasteiger partial charge in [0.2, 0.25) is 0 Å². The molecule has 1 aromatic carbocycles. The third kappa shape index (κ3) is 5.31. The second-order valence-corrected chi connectivity index (χ2v) is 4.06. The van der Waals surface area contributed by atoms with Crippen molar-refractivity contribution in [1.82, 2.24) is 0 Å². The number of ether oxygens (including phenoxy) is 3. The van der Waals surface area contributed by atoms with Crippen LogP contribution in [0.25, 0.3) is 0 Å². The molecular weight excluding hydrogens is 244 g/mol. The summed E-state index contributed by atoms with van der Waals surface area (Å²) in [4.78, 5) is 0. The van der Waals surface area contributed by atoms with Crippen molar-refractivity contribution in [1.29, 1.82) is 0 Å². The van der Waals surface area contributed by atoms with Gasteiger partial charge in [0.05, 0.1) is 26.4 Å². The van der Waals surface area contributed by atoms with Gasteiger partial charge in [0.25, 0.3) is 0 Å². The van der Waals surface area contributed by atoms with Crippen LogP contribution < -0.4 is 4.74 Å². The lowest BCUT2D eigenvalue weighted by Crippen LogP contribution is -2.14. The van der Waals surface area contributed by atoms with Gasteiger partial charge in [-0.05, 0) is 25.1 Å². The Morgan fingerprint density at radius 3 is 2.74 bits per heavy atom. The Morgan fingerprint density at radius 1 is 1.32 bits per heavy atom. The predicted octanol–water partition coefficient (Wildman–Crippen LogP) is 1.59. The van der Waals surface area contributed by atoms with E-state index in [9.17, 15) is 0 Å². The fourth-order valence-electron chi connectivity index (χ4n) is 1.63. The number of aliphatic hydroxyl groups excluding tert-OH is 1. The maximum atomic E-state index is 8.70. The van der Waals surface area contributed by atoms with Crippen LogP contribution in [-0.4, -0.2) is 38.6 Å². The second-order valence-electron chi connectivity index (χ2n) is 4.06. The molecule has 4 nitrogen and oxygen atoms in total. The molecule has 1 atom stereocenters. The van der Waals surface area contributed by atoms with Crippen molar-refractivity contribution in [3.8, 4) is 17.6 Å². The maximum absolute atomic E-state index is 8.70. The number of rotatable bonds is 6. The summed E-state index contributed by atoms with van der Waals surface area (Å²) in [6, 6.07) is 5.60. The molecule has 0 aromatic heterocycles. The van der Waals surface area contributed by atoms with Crippen LogP contribution in [0, 0.1) is 11.8 Å². The monoisotopic (exact) mass is 264 g/mol. The molecule has 0 aliphatic heterocycles. The van der Waals surface area contributed by atoms with Crippen LogP contribution >= 0.6 is 0 Å². The molecule has 0 spiro atoms. The maximum Gasteiger partial charge on any atom is 0.124 e. The van der Waals surface area contributed by atoms with Crippen LogP contribution in [-0.2, 0) is 16.1 Å². The summed E-state index contributed by atoms with van der Waals surface area (Å²) in [6.45, 7) is 2.78. The van der Waals surface area contributed by atoms with E-state index in [-0.39, 0.29) is 12.7 Å². The van der Waals surface area contributed by atoms with Crippen molar-refractivity contribution in [2.75, 3.05) is 27.4 Å². The molecule has 19 heavy (non-hydrogen) atoms. The van der Waals surface area contributed by atoms with Crippen molar-refractivity contribution in [3.63, 3.8) is 0 Å². The molecule has 0 heterocycles. The third-order valence-electron chi connectivity index (χ3n) is 2.52. The van der Waals surface area contributed by atoms with Crippen molar-refractivity contribution in [2.24, 2.45) is 0 Å². The van der Waals surface area contributed by atoms with Gasteiger partial charge in [0.15, 0.2) is 0 Å². The van der Waals surface area contributed by atoms with Crippen LogP contribution in [0.1, 0.15) is 18.1 Å². The number of aliphatic hydroxyl groups is 1. The number of hydrogen-bond acceptors (Lipinski definition) is 4. The highest BCUT2D eigenvalue weighted by molar-refractivity contribution is 5.44. The Labute approximate surface area is 114 Å². The quantitative estimate of drug-likeness (QED) is 0.793. The van der Waals surface area contributed by atoms with Gasteiger partial charge in [-0.3, -0.25) is 0 Å². The Kier molecular flexibility index (Phi) is 6.98.